The van der Waals surface area contributed by atoms with Gasteiger partial charge in [0.25, 0.3) is 0 Å². The van der Waals surface area contributed by atoms with Crippen LogP contribution in [0.25, 0.3) is 0 Å². The summed E-state index contributed by atoms with van der Waals surface area (Å²) in [6.07, 6.45) is 0. The van der Waals surface area contributed by atoms with Crippen molar-refractivity contribution in [2.75, 3.05) is 11.9 Å². The fourth-order valence-electron chi connectivity index (χ4n) is 1.48. The molecule has 0 spiro atoms. The van der Waals surface area contributed by atoms with E-state index < -0.39 is 0 Å². The van der Waals surface area contributed by atoms with Gasteiger partial charge in [0.1, 0.15) is 0 Å². The van der Waals surface area contributed by atoms with Crippen LogP contribution < -0.4 is 11.1 Å². The third-order valence-corrected chi connectivity index (χ3v) is 2.12. The molecule has 0 fully saturated rings. The topological polar surface area (TPSA) is 38.0 Å². The Balaban J connectivity index is 2.52. The molecule has 1 unspecified atom stereocenters. The molecule has 3 N–H and O–H groups in total. The minimum absolute atomic E-state index is 0.185. The molecule has 2 rings (SSSR count). The molecule has 1 aliphatic rings. The van der Waals surface area contributed by atoms with Gasteiger partial charge in [0.15, 0.2) is 0 Å². The molecule has 2 nitrogen and oxygen atoms in total. The maximum absolute atomic E-state index is 5.85. The molecule has 1 atom stereocenters. The Bertz CT molecular complexity index is 281. The number of aryl methyl sites for hydroxylation is 1. The van der Waals surface area contributed by atoms with Crippen molar-refractivity contribution in [2.45, 2.75) is 13.0 Å². The van der Waals surface area contributed by atoms with Crippen LogP contribution in [0.4, 0.5) is 5.69 Å². The molecule has 1 aromatic rings. The van der Waals surface area contributed by atoms with Crippen LogP contribution in [0.15, 0.2) is 18.2 Å². The normalized spacial score (nSPS) is 21.1. The van der Waals surface area contributed by atoms with Gasteiger partial charge in [0.2, 0.25) is 0 Å². The summed E-state index contributed by atoms with van der Waals surface area (Å²) in [5, 5.41) is 3.25. The Hall–Kier alpha value is -1.02. The highest BCUT2D eigenvalue weighted by Crippen LogP contribution is 2.28. The van der Waals surface area contributed by atoms with Gasteiger partial charge in [-0.25, -0.2) is 0 Å². The fourth-order valence-corrected chi connectivity index (χ4v) is 1.48. The molecule has 0 bridgehead atoms. The van der Waals surface area contributed by atoms with Crippen LogP contribution in [0.3, 0.4) is 0 Å². The molecule has 1 heterocycles. The molecule has 0 saturated carbocycles. The van der Waals surface area contributed by atoms with Gasteiger partial charge >= 0.3 is 0 Å². The number of hydrogen-bond acceptors (Lipinski definition) is 2. The van der Waals surface area contributed by atoms with Gasteiger partial charge < -0.3 is 11.1 Å². The van der Waals surface area contributed by atoms with Crippen LogP contribution in [0.1, 0.15) is 17.2 Å². The van der Waals surface area contributed by atoms with Crippen molar-refractivity contribution in [1.29, 1.82) is 0 Å². The Kier molecular flexibility index (Phi) is 1.36. The summed E-state index contributed by atoms with van der Waals surface area (Å²) < 4.78 is 0. The van der Waals surface area contributed by atoms with Crippen molar-refractivity contribution in [3.05, 3.63) is 29.3 Å². The second-order valence-corrected chi connectivity index (χ2v) is 3.08. The summed E-state index contributed by atoms with van der Waals surface area (Å²) >= 11 is 0. The number of rotatable bonds is 0. The number of benzene rings is 1. The predicted molar refractivity (Wildman–Crippen MR) is 46.6 cm³/mol. The van der Waals surface area contributed by atoms with E-state index >= 15 is 0 Å². The van der Waals surface area contributed by atoms with Gasteiger partial charge in [-0.1, -0.05) is 17.7 Å². The number of nitrogens with two attached hydrogens (primary N) is 1. The maximum atomic E-state index is 5.85. The molecular weight excluding hydrogens is 136 g/mol. The van der Waals surface area contributed by atoms with Crippen molar-refractivity contribution in [1.82, 2.24) is 0 Å². The van der Waals surface area contributed by atoms with E-state index in [-0.39, 0.29) is 6.04 Å². The van der Waals surface area contributed by atoms with E-state index in [2.05, 4.69) is 30.4 Å². The molecule has 58 valence electrons. The lowest BCUT2D eigenvalue weighted by molar-refractivity contribution is 0.807. The zero-order chi connectivity index (χ0) is 7.84. The molecular formula is C9H12N2. The quantitative estimate of drug-likeness (QED) is 0.584. The first-order valence-electron chi connectivity index (χ1n) is 3.87. The summed E-state index contributed by atoms with van der Waals surface area (Å²) in [5.41, 5.74) is 9.59. The van der Waals surface area contributed by atoms with Crippen LogP contribution >= 0.6 is 0 Å². The van der Waals surface area contributed by atoms with E-state index in [0.717, 1.165) is 6.54 Å². The summed E-state index contributed by atoms with van der Waals surface area (Å²) in [5.74, 6) is 0. The molecule has 1 aliphatic heterocycles. The highest BCUT2D eigenvalue weighted by atomic mass is 15.0. The molecule has 0 radical (unpaired) electrons. The zero-order valence-corrected chi connectivity index (χ0v) is 6.59. The average molecular weight is 148 g/mol. The SMILES string of the molecule is Cc1ccc2c(c1)C(N)CN2. The molecule has 0 aromatic heterocycles. The van der Waals surface area contributed by atoms with E-state index in [1.54, 1.807) is 0 Å². The first-order valence-corrected chi connectivity index (χ1v) is 3.87. The van der Waals surface area contributed by atoms with Crippen molar-refractivity contribution >= 4 is 5.69 Å². The predicted octanol–water partition coefficient (Wildman–Crippen LogP) is 1.42. The Labute approximate surface area is 66.4 Å². The lowest BCUT2D eigenvalue weighted by Crippen LogP contribution is -2.11. The summed E-state index contributed by atoms with van der Waals surface area (Å²) in [6, 6.07) is 6.53. The molecule has 0 aliphatic carbocycles. The van der Waals surface area contributed by atoms with Crippen molar-refractivity contribution in [3.63, 3.8) is 0 Å². The molecule has 1 aromatic carbocycles. The monoisotopic (exact) mass is 148 g/mol. The van der Waals surface area contributed by atoms with E-state index in [1.807, 2.05) is 0 Å². The van der Waals surface area contributed by atoms with Crippen LogP contribution in [-0.2, 0) is 0 Å². The lowest BCUT2D eigenvalue weighted by atomic mass is 10.1. The Morgan fingerprint density at radius 1 is 1.55 bits per heavy atom. The highest BCUT2D eigenvalue weighted by molar-refractivity contribution is 5.58. The zero-order valence-electron chi connectivity index (χ0n) is 6.59. The van der Waals surface area contributed by atoms with Crippen LogP contribution in [0.2, 0.25) is 0 Å². The summed E-state index contributed by atoms with van der Waals surface area (Å²) in [6.45, 7) is 2.96. The number of nitrogens with one attached hydrogen (secondary N) is 1. The lowest BCUT2D eigenvalue weighted by Gasteiger charge is -2.02. The standard InChI is InChI=1S/C9H12N2/c1-6-2-3-9-7(4-6)8(10)5-11-9/h2-4,8,11H,5,10H2,1H3. The van der Waals surface area contributed by atoms with Gasteiger partial charge in [-0.15, -0.1) is 0 Å². The molecule has 11 heavy (non-hydrogen) atoms. The summed E-state index contributed by atoms with van der Waals surface area (Å²) in [4.78, 5) is 0. The van der Waals surface area contributed by atoms with E-state index in [9.17, 15) is 0 Å². The van der Waals surface area contributed by atoms with Gasteiger partial charge in [-0.05, 0) is 18.6 Å². The number of fused-ring (bicyclic) bond motifs is 1. The fraction of sp³-hybridized carbons (Fsp3) is 0.333. The van der Waals surface area contributed by atoms with Crippen LogP contribution in [0.5, 0.6) is 0 Å². The maximum Gasteiger partial charge on any atom is 0.0491 e. The number of anilines is 1. The summed E-state index contributed by atoms with van der Waals surface area (Å²) in [7, 11) is 0. The highest BCUT2D eigenvalue weighted by Gasteiger charge is 2.17. The second-order valence-electron chi connectivity index (χ2n) is 3.08. The smallest absolute Gasteiger partial charge is 0.0491 e. The van der Waals surface area contributed by atoms with Gasteiger partial charge in [-0.3, -0.25) is 0 Å². The third-order valence-electron chi connectivity index (χ3n) is 2.12. The Morgan fingerprint density at radius 3 is 3.18 bits per heavy atom. The van der Waals surface area contributed by atoms with E-state index in [1.165, 1.54) is 16.8 Å². The van der Waals surface area contributed by atoms with E-state index in [4.69, 9.17) is 5.73 Å². The Morgan fingerprint density at radius 2 is 2.36 bits per heavy atom. The first-order chi connectivity index (χ1) is 5.27. The molecule has 2 heteroatoms. The third kappa shape index (κ3) is 0.994. The van der Waals surface area contributed by atoms with E-state index in [0.29, 0.717) is 0 Å². The minimum atomic E-state index is 0.185. The van der Waals surface area contributed by atoms with Gasteiger partial charge in [0.05, 0.1) is 0 Å². The number of hydrogen-bond donors (Lipinski definition) is 2. The van der Waals surface area contributed by atoms with Crippen LogP contribution in [0, 0.1) is 6.92 Å². The second kappa shape index (κ2) is 2.24. The minimum Gasteiger partial charge on any atom is -0.383 e. The van der Waals surface area contributed by atoms with Crippen LogP contribution in [-0.4, -0.2) is 6.54 Å². The first kappa shape index (κ1) is 6.68. The molecule has 0 amide bonds. The van der Waals surface area contributed by atoms with Gasteiger partial charge in [-0.2, -0.15) is 0 Å². The largest absolute Gasteiger partial charge is 0.383 e. The van der Waals surface area contributed by atoms with Crippen molar-refractivity contribution in [2.24, 2.45) is 5.73 Å². The average Bonchev–Trinajstić information content (AvgIpc) is 2.33. The van der Waals surface area contributed by atoms with Crippen molar-refractivity contribution in [3.8, 4) is 0 Å². The van der Waals surface area contributed by atoms with Crippen molar-refractivity contribution < 1.29 is 0 Å². The molecule has 0 saturated heterocycles. The van der Waals surface area contributed by atoms with Gasteiger partial charge in [0, 0.05) is 18.3 Å².